The molecule has 0 aromatic heterocycles. The van der Waals surface area contributed by atoms with Gasteiger partial charge in [0.25, 0.3) is 0 Å². The fourth-order valence-electron chi connectivity index (χ4n) is 2.81. The summed E-state index contributed by atoms with van der Waals surface area (Å²) in [4.78, 5) is 1.09. The quantitative estimate of drug-likeness (QED) is 0.504. The van der Waals surface area contributed by atoms with Crippen molar-refractivity contribution in [2.24, 2.45) is 5.92 Å². The summed E-state index contributed by atoms with van der Waals surface area (Å²) >= 11 is 7.09. The van der Waals surface area contributed by atoms with E-state index in [1.165, 1.54) is 55.9 Å². The van der Waals surface area contributed by atoms with Crippen LogP contribution >= 0.6 is 12.2 Å². The molecule has 2 aliphatic rings. The number of allylic oxidation sites excluding steroid dienone is 6. The van der Waals surface area contributed by atoms with Crippen molar-refractivity contribution in [2.75, 3.05) is 0 Å². The molecule has 20 heavy (non-hydrogen) atoms. The normalized spacial score (nSPS) is 20.5. The van der Waals surface area contributed by atoms with E-state index < -0.39 is 0 Å². The van der Waals surface area contributed by atoms with Crippen LogP contribution in [0.25, 0.3) is 5.57 Å². The van der Waals surface area contributed by atoms with E-state index >= 15 is 0 Å². The number of halogens is 2. The molecule has 0 saturated heterocycles. The molecule has 0 nitrogen and oxygen atoms in total. The molecule has 2 aliphatic carbocycles. The fraction of sp³-hybridized carbons (Fsp3) is 0.188. The van der Waals surface area contributed by atoms with E-state index in [0.29, 0.717) is 5.92 Å². The van der Waals surface area contributed by atoms with Crippen molar-refractivity contribution in [2.45, 2.75) is 13.8 Å². The second kappa shape index (κ2) is 6.84. The van der Waals surface area contributed by atoms with E-state index in [4.69, 9.17) is 12.2 Å². The Morgan fingerprint density at radius 1 is 1.05 bits per heavy atom. The van der Waals surface area contributed by atoms with Crippen LogP contribution in [0.5, 0.6) is 0 Å². The number of benzene rings is 1. The van der Waals surface area contributed by atoms with Crippen LogP contribution < -0.4 is 24.8 Å². The third kappa shape index (κ3) is 2.68. The van der Waals surface area contributed by atoms with Crippen LogP contribution in [0, 0.1) is 5.92 Å². The van der Waals surface area contributed by atoms with E-state index in [2.05, 4.69) is 50.3 Å². The molecule has 0 saturated carbocycles. The summed E-state index contributed by atoms with van der Waals surface area (Å²) < 4.78 is 1.51. The van der Waals surface area contributed by atoms with Gasteiger partial charge in [-0.25, -0.2) is 0 Å². The Kier molecular flexibility index (Phi) is 6.17. The van der Waals surface area contributed by atoms with Crippen molar-refractivity contribution >= 4 is 22.7 Å². The van der Waals surface area contributed by atoms with Gasteiger partial charge in [-0.15, -0.1) is 0 Å². The molecule has 1 atom stereocenters. The molecular weight excluding hydrogens is 386 g/mol. The topological polar surface area (TPSA) is 0 Å². The molecule has 3 rings (SSSR count). The van der Waals surface area contributed by atoms with Crippen LogP contribution in [0.2, 0.25) is 0 Å². The van der Waals surface area contributed by atoms with Crippen molar-refractivity contribution < 1.29 is 49.5 Å². The number of hydrogen-bond donors (Lipinski definition) is 0. The molecule has 1 aromatic carbocycles. The van der Waals surface area contributed by atoms with E-state index in [1.807, 2.05) is 0 Å². The first-order valence-electron chi connectivity index (χ1n) is 6.06. The molecule has 101 valence electrons. The molecule has 0 radical (unpaired) electrons. The van der Waals surface area contributed by atoms with E-state index in [1.54, 1.807) is 0 Å². The summed E-state index contributed by atoms with van der Waals surface area (Å²) in [5.74, 6) is 0.443. The van der Waals surface area contributed by atoms with Crippen molar-refractivity contribution in [3.8, 4) is 0 Å². The second-order valence-corrected chi connectivity index (χ2v) is 6.60. The van der Waals surface area contributed by atoms with Gasteiger partial charge in [0.05, 0.1) is 0 Å². The molecule has 0 N–H and O–H groups in total. The van der Waals surface area contributed by atoms with Crippen molar-refractivity contribution in [1.82, 2.24) is 0 Å². The van der Waals surface area contributed by atoms with E-state index in [0.717, 1.165) is 4.86 Å². The standard InChI is InChI=1S/C16H13S.2ClH.Zr/c1-10-8-13(12-6-4-3-5-7-12)14-9-11(2)16(17)15(10)14;;;/h3-8,14H,1-2H3;2*1H;/q;;;+2/p-2. The van der Waals surface area contributed by atoms with Gasteiger partial charge < -0.3 is 24.8 Å². The molecule has 0 fully saturated rings. The SMILES string of the molecule is CC1=C2C(=S)C(C)=[C]([Zr+2])C2C(c2ccccc2)=C1.[Cl-].[Cl-]. The van der Waals surface area contributed by atoms with Gasteiger partial charge in [0.2, 0.25) is 0 Å². The Hall–Kier alpha value is -0.00688. The van der Waals surface area contributed by atoms with Crippen LogP contribution in [0.1, 0.15) is 19.4 Å². The predicted molar refractivity (Wildman–Crippen MR) is 75.9 cm³/mol. The average Bonchev–Trinajstić information content (AvgIpc) is 2.84. The zero-order chi connectivity index (χ0) is 12.9. The van der Waals surface area contributed by atoms with Gasteiger partial charge in [0.15, 0.2) is 0 Å². The maximum atomic E-state index is 5.60. The first-order chi connectivity index (χ1) is 8.61. The Balaban J connectivity index is 0.000001000. The van der Waals surface area contributed by atoms with Crippen LogP contribution in [-0.2, 0) is 24.7 Å². The van der Waals surface area contributed by atoms with Crippen molar-refractivity contribution in [3.05, 3.63) is 62.0 Å². The van der Waals surface area contributed by atoms with E-state index in [9.17, 15) is 0 Å². The van der Waals surface area contributed by atoms with Crippen LogP contribution in [-0.4, -0.2) is 4.86 Å². The maximum absolute atomic E-state index is 5.60. The Morgan fingerprint density at radius 2 is 1.65 bits per heavy atom. The molecule has 0 spiro atoms. The van der Waals surface area contributed by atoms with Crippen LogP contribution in [0.15, 0.2) is 56.4 Å². The molecule has 0 bridgehead atoms. The molecule has 0 aliphatic heterocycles. The largest absolute Gasteiger partial charge is 1.00 e. The van der Waals surface area contributed by atoms with Gasteiger partial charge in [0.1, 0.15) is 0 Å². The predicted octanol–water partition coefficient (Wildman–Crippen LogP) is -1.77. The zero-order valence-corrected chi connectivity index (χ0v) is 16.0. The number of hydrogen-bond acceptors (Lipinski definition) is 1. The first kappa shape index (κ1) is 18.0. The summed E-state index contributed by atoms with van der Waals surface area (Å²) in [6.07, 6.45) is 2.32. The molecule has 0 amide bonds. The smallest absolute Gasteiger partial charge is 1.00 e. The van der Waals surface area contributed by atoms with E-state index in [-0.39, 0.29) is 24.8 Å². The van der Waals surface area contributed by atoms with Gasteiger partial charge in [-0.3, -0.25) is 0 Å². The van der Waals surface area contributed by atoms with Crippen molar-refractivity contribution in [3.63, 3.8) is 0 Å². The molecule has 0 heterocycles. The molecule has 4 heteroatoms. The summed E-state index contributed by atoms with van der Waals surface area (Å²) in [7, 11) is 0. The summed E-state index contributed by atoms with van der Waals surface area (Å²) in [6, 6.07) is 10.7. The third-order valence-electron chi connectivity index (χ3n) is 3.78. The summed E-state index contributed by atoms with van der Waals surface area (Å²) in [5.41, 5.74) is 6.82. The van der Waals surface area contributed by atoms with Gasteiger partial charge in [0, 0.05) is 0 Å². The third-order valence-corrected chi connectivity index (χ3v) is 5.94. The van der Waals surface area contributed by atoms with Gasteiger partial charge in [-0.2, -0.15) is 0 Å². The Bertz CT molecular complexity index is 642. The van der Waals surface area contributed by atoms with Crippen LogP contribution in [0.4, 0.5) is 0 Å². The minimum atomic E-state index is 0. The Labute approximate surface area is 153 Å². The van der Waals surface area contributed by atoms with Crippen molar-refractivity contribution in [1.29, 1.82) is 0 Å². The number of thiocarbonyl (C=S) groups is 1. The summed E-state index contributed by atoms with van der Waals surface area (Å²) in [6.45, 7) is 4.36. The summed E-state index contributed by atoms with van der Waals surface area (Å²) in [5, 5.41) is 0. The van der Waals surface area contributed by atoms with Crippen LogP contribution in [0.3, 0.4) is 0 Å². The van der Waals surface area contributed by atoms with Gasteiger partial charge in [-0.05, 0) is 0 Å². The van der Waals surface area contributed by atoms with Gasteiger partial charge >= 0.3 is 129 Å². The minimum absolute atomic E-state index is 0. The second-order valence-electron chi connectivity index (χ2n) is 4.86. The fourth-order valence-corrected chi connectivity index (χ4v) is 4.46. The number of fused-ring (bicyclic) bond motifs is 1. The molecule has 1 aromatic rings. The Morgan fingerprint density at radius 3 is 2.25 bits per heavy atom. The zero-order valence-electron chi connectivity index (χ0n) is 11.2. The molecular formula is C16H13Cl2SZr. The molecule has 1 unspecified atom stereocenters. The minimum Gasteiger partial charge on any atom is -1.00 e. The first-order valence-corrected chi connectivity index (χ1v) is 7.70. The average molecular weight is 399 g/mol. The van der Waals surface area contributed by atoms with Gasteiger partial charge in [-0.1, -0.05) is 0 Å². The number of rotatable bonds is 1. The maximum Gasteiger partial charge on any atom is -1.00 e. The monoisotopic (exact) mass is 397 g/mol.